The van der Waals surface area contributed by atoms with Gasteiger partial charge in [-0.05, 0) is 37.7 Å². The van der Waals surface area contributed by atoms with Gasteiger partial charge in [-0.25, -0.2) is 0 Å². The van der Waals surface area contributed by atoms with Crippen molar-refractivity contribution in [3.8, 4) is 0 Å². The van der Waals surface area contributed by atoms with E-state index in [1.165, 1.54) is 0 Å². The van der Waals surface area contributed by atoms with Gasteiger partial charge >= 0.3 is 0 Å². The Balaban J connectivity index is 2.46. The minimum atomic E-state index is 0.0417. The zero-order valence-electron chi connectivity index (χ0n) is 12.2. The Kier molecular flexibility index (Phi) is 7.08. The molecule has 106 valence electrons. The molecule has 0 aliphatic carbocycles. The van der Waals surface area contributed by atoms with Gasteiger partial charge in [-0.3, -0.25) is 4.79 Å². The maximum Gasteiger partial charge on any atom is 0.239 e. The van der Waals surface area contributed by atoms with Crippen LogP contribution < -0.4 is 5.32 Å². The molecule has 1 saturated heterocycles. The summed E-state index contributed by atoms with van der Waals surface area (Å²) in [4.78, 5) is 14.5. The van der Waals surface area contributed by atoms with Crippen LogP contribution in [-0.2, 0) is 4.79 Å². The monoisotopic (exact) mass is 272 g/mol. The van der Waals surface area contributed by atoms with Crippen LogP contribution in [0.3, 0.4) is 0 Å². The number of rotatable bonds is 7. The highest BCUT2D eigenvalue weighted by Crippen LogP contribution is 2.18. The molecule has 1 N–H and O–H groups in total. The molecule has 18 heavy (non-hydrogen) atoms. The fourth-order valence-corrected chi connectivity index (χ4v) is 3.24. The fourth-order valence-electron chi connectivity index (χ4n) is 2.45. The second kappa shape index (κ2) is 8.05. The number of hydrogen-bond donors (Lipinski definition) is 1. The van der Waals surface area contributed by atoms with Gasteiger partial charge in [-0.2, -0.15) is 11.8 Å². The highest BCUT2D eigenvalue weighted by molar-refractivity contribution is 7.99. The lowest BCUT2D eigenvalue weighted by Gasteiger charge is -2.37. The summed E-state index contributed by atoms with van der Waals surface area (Å²) in [5, 5.41) is 3.39. The second-order valence-electron chi connectivity index (χ2n) is 5.38. The summed E-state index contributed by atoms with van der Waals surface area (Å²) < 4.78 is 0. The molecule has 2 unspecified atom stereocenters. The van der Waals surface area contributed by atoms with E-state index in [-0.39, 0.29) is 6.04 Å². The molecule has 1 rings (SSSR count). The van der Waals surface area contributed by atoms with Crippen molar-refractivity contribution >= 4 is 17.7 Å². The van der Waals surface area contributed by atoms with Crippen LogP contribution in [-0.4, -0.2) is 47.0 Å². The number of carbonyl (C=O) groups excluding carboxylic acids is 1. The van der Waals surface area contributed by atoms with Gasteiger partial charge in [0.05, 0.1) is 6.04 Å². The minimum Gasteiger partial charge on any atom is -0.339 e. The molecule has 0 aromatic carbocycles. The first-order valence-electron chi connectivity index (χ1n) is 7.20. The van der Waals surface area contributed by atoms with Crippen molar-refractivity contribution < 1.29 is 4.79 Å². The summed E-state index contributed by atoms with van der Waals surface area (Å²) in [7, 11) is 0. The number of nitrogens with one attached hydrogen (secondary N) is 1. The van der Waals surface area contributed by atoms with Crippen molar-refractivity contribution in [2.75, 3.05) is 18.1 Å². The summed E-state index contributed by atoms with van der Waals surface area (Å²) in [5.74, 6) is 2.63. The summed E-state index contributed by atoms with van der Waals surface area (Å²) in [5.41, 5.74) is 0. The lowest BCUT2D eigenvalue weighted by molar-refractivity contribution is -0.138. The Morgan fingerprint density at radius 2 is 2.17 bits per heavy atom. The van der Waals surface area contributed by atoms with E-state index in [4.69, 9.17) is 0 Å². The van der Waals surface area contributed by atoms with Crippen LogP contribution >= 0.6 is 11.8 Å². The predicted octanol–water partition coefficient (Wildman–Crippen LogP) is 2.51. The number of hydrogen-bond acceptors (Lipinski definition) is 3. The molecular weight excluding hydrogens is 244 g/mol. The van der Waals surface area contributed by atoms with E-state index in [2.05, 4.69) is 37.9 Å². The van der Waals surface area contributed by atoms with Crippen LogP contribution in [0.1, 0.15) is 47.0 Å². The molecule has 0 bridgehead atoms. The van der Waals surface area contributed by atoms with Crippen LogP contribution in [0.2, 0.25) is 0 Å². The molecular formula is C14H28N2OS. The van der Waals surface area contributed by atoms with E-state index in [0.717, 1.165) is 37.3 Å². The molecule has 1 heterocycles. The van der Waals surface area contributed by atoms with E-state index in [9.17, 15) is 4.79 Å². The van der Waals surface area contributed by atoms with Gasteiger partial charge in [0.2, 0.25) is 5.91 Å². The number of piperidine rings is 1. The molecule has 4 heteroatoms. The maximum atomic E-state index is 12.4. The third kappa shape index (κ3) is 4.81. The maximum absolute atomic E-state index is 12.4. The Bertz CT molecular complexity index is 258. The van der Waals surface area contributed by atoms with E-state index in [0.29, 0.717) is 18.0 Å². The van der Waals surface area contributed by atoms with Gasteiger partial charge in [0.1, 0.15) is 0 Å². The number of thioether (sulfide) groups is 1. The lowest BCUT2D eigenvalue weighted by atomic mass is 10.0. The number of likely N-dealkylation sites (tertiary alicyclic amines) is 1. The summed E-state index contributed by atoms with van der Waals surface area (Å²) in [6.07, 6.45) is 3.23. The molecule has 1 amide bonds. The topological polar surface area (TPSA) is 32.3 Å². The van der Waals surface area contributed by atoms with Crippen LogP contribution in [0.15, 0.2) is 0 Å². The van der Waals surface area contributed by atoms with Crippen molar-refractivity contribution in [3.63, 3.8) is 0 Å². The summed E-state index contributed by atoms with van der Waals surface area (Å²) >= 11 is 1.96. The van der Waals surface area contributed by atoms with Crippen LogP contribution in [0, 0.1) is 0 Å². The second-order valence-corrected chi connectivity index (χ2v) is 6.78. The molecule has 1 fully saturated rings. The average Bonchev–Trinajstić information content (AvgIpc) is 2.31. The highest BCUT2D eigenvalue weighted by Gasteiger charge is 2.31. The van der Waals surface area contributed by atoms with E-state index < -0.39 is 0 Å². The van der Waals surface area contributed by atoms with Crippen LogP contribution in [0.5, 0.6) is 0 Å². The van der Waals surface area contributed by atoms with Crippen LogP contribution in [0.25, 0.3) is 0 Å². The molecule has 0 aromatic rings. The van der Waals surface area contributed by atoms with Crippen molar-refractivity contribution in [1.29, 1.82) is 0 Å². The largest absolute Gasteiger partial charge is 0.339 e. The van der Waals surface area contributed by atoms with Crippen molar-refractivity contribution in [3.05, 3.63) is 0 Å². The SMILES string of the molecule is CCSCCC(C)N1CCCC(NC(C)C)C1=O. The Hall–Kier alpha value is -0.220. The normalized spacial score (nSPS) is 22.6. The Labute approximate surface area is 116 Å². The highest BCUT2D eigenvalue weighted by atomic mass is 32.2. The molecule has 0 spiro atoms. The van der Waals surface area contributed by atoms with Crippen molar-refractivity contribution in [2.45, 2.75) is 65.1 Å². The molecule has 3 nitrogen and oxygen atoms in total. The van der Waals surface area contributed by atoms with Crippen LogP contribution in [0.4, 0.5) is 0 Å². The van der Waals surface area contributed by atoms with Crippen molar-refractivity contribution in [1.82, 2.24) is 10.2 Å². The minimum absolute atomic E-state index is 0.0417. The Morgan fingerprint density at radius 3 is 2.78 bits per heavy atom. The van der Waals surface area contributed by atoms with Crippen molar-refractivity contribution in [2.24, 2.45) is 0 Å². The third-order valence-electron chi connectivity index (χ3n) is 3.42. The molecule has 0 radical (unpaired) electrons. The quantitative estimate of drug-likeness (QED) is 0.723. The lowest BCUT2D eigenvalue weighted by Crippen LogP contribution is -2.54. The Morgan fingerprint density at radius 1 is 1.44 bits per heavy atom. The van der Waals surface area contributed by atoms with Gasteiger partial charge < -0.3 is 10.2 Å². The summed E-state index contributed by atoms with van der Waals surface area (Å²) in [6, 6.07) is 0.804. The van der Waals surface area contributed by atoms with Gasteiger partial charge in [-0.15, -0.1) is 0 Å². The molecule has 0 aromatic heterocycles. The smallest absolute Gasteiger partial charge is 0.239 e. The average molecular weight is 272 g/mol. The van der Waals surface area contributed by atoms with E-state index in [1.807, 2.05) is 11.8 Å². The molecule has 1 aliphatic rings. The zero-order valence-corrected chi connectivity index (χ0v) is 13.1. The molecule has 1 aliphatic heterocycles. The summed E-state index contributed by atoms with van der Waals surface area (Å²) in [6.45, 7) is 9.52. The fraction of sp³-hybridized carbons (Fsp3) is 0.929. The number of amides is 1. The predicted molar refractivity (Wildman–Crippen MR) is 80.1 cm³/mol. The first-order valence-corrected chi connectivity index (χ1v) is 8.36. The van der Waals surface area contributed by atoms with Gasteiger partial charge in [0.25, 0.3) is 0 Å². The van der Waals surface area contributed by atoms with Gasteiger partial charge in [0, 0.05) is 18.6 Å². The zero-order chi connectivity index (χ0) is 13.5. The van der Waals surface area contributed by atoms with Gasteiger partial charge in [-0.1, -0.05) is 20.8 Å². The number of nitrogens with zero attached hydrogens (tertiary/aromatic N) is 1. The van der Waals surface area contributed by atoms with Gasteiger partial charge in [0.15, 0.2) is 0 Å². The van der Waals surface area contributed by atoms with E-state index >= 15 is 0 Å². The van der Waals surface area contributed by atoms with E-state index in [1.54, 1.807) is 0 Å². The molecule has 2 atom stereocenters. The third-order valence-corrected chi connectivity index (χ3v) is 4.36. The first kappa shape index (κ1) is 15.8. The standard InChI is InChI=1S/C14H28N2OS/c1-5-18-10-8-12(4)16-9-6-7-13(14(16)17)15-11(2)3/h11-13,15H,5-10H2,1-4H3. The molecule has 0 saturated carbocycles. The number of carbonyl (C=O) groups is 1. The first-order chi connectivity index (χ1) is 8.56.